The third-order valence-electron chi connectivity index (χ3n) is 3.63. The second-order valence-corrected chi connectivity index (χ2v) is 8.28. The quantitative estimate of drug-likeness (QED) is 0.665. The molecule has 0 saturated heterocycles. The molecule has 0 radical (unpaired) electrons. The molecule has 26 heavy (non-hydrogen) atoms. The molecule has 0 atom stereocenters. The summed E-state index contributed by atoms with van der Waals surface area (Å²) >= 11 is 1.14. The minimum atomic E-state index is -3.56. The zero-order valence-corrected chi connectivity index (χ0v) is 15.6. The first kappa shape index (κ1) is 18.3. The van der Waals surface area contributed by atoms with Crippen LogP contribution in [-0.4, -0.2) is 31.9 Å². The van der Waals surface area contributed by atoms with Gasteiger partial charge in [0.2, 0.25) is 10.0 Å². The largest absolute Gasteiger partial charge is 0.497 e. The summed E-state index contributed by atoms with van der Waals surface area (Å²) in [7, 11) is -1.97. The van der Waals surface area contributed by atoms with Gasteiger partial charge < -0.3 is 4.74 Å². The number of ether oxygens (including phenoxy) is 1. The lowest BCUT2D eigenvalue weighted by atomic mass is 10.1. The summed E-state index contributed by atoms with van der Waals surface area (Å²) in [5, 5.41) is 6.00. The topological polar surface area (TPSA) is 90.3 Å². The van der Waals surface area contributed by atoms with Gasteiger partial charge in [0, 0.05) is 18.2 Å². The zero-order chi connectivity index (χ0) is 18.6. The molecular weight excluding hydrogens is 374 g/mol. The fourth-order valence-corrected chi connectivity index (χ4v) is 4.36. The van der Waals surface area contributed by atoms with Gasteiger partial charge in [0.25, 0.3) is 5.56 Å². The van der Waals surface area contributed by atoms with Crippen molar-refractivity contribution in [3.8, 4) is 17.0 Å². The number of hydrogen-bond acceptors (Lipinski definition) is 6. The third-order valence-corrected chi connectivity index (χ3v) is 6.49. The van der Waals surface area contributed by atoms with Crippen molar-refractivity contribution < 1.29 is 13.2 Å². The maximum Gasteiger partial charge on any atom is 0.266 e. The third kappa shape index (κ3) is 4.18. The fourth-order valence-electron chi connectivity index (χ4n) is 2.30. The average molecular weight is 391 g/mol. The minimum absolute atomic E-state index is 0.0687. The highest BCUT2D eigenvalue weighted by Crippen LogP contribution is 2.19. The smallest absolute Gasteiger partial charge is 0.266 e. The van der Waals surface area contributed by atoms with Crippen LogP contribution in [0.5, 0.6) is 5.75 Å². The molecule has 0 spiro atoms. The fraction of sp³-hybridized carbons (Fsp3) is 0.176. The van der Waals surface area contributed by atoms with Gasteiger partial charge in [-0.1, -0.05) is 6.07 Å². The summed E-state index contributed by atoms with van der Waals surface area (Å²) in [4.78, 5) is 12.0. The number of benzene rings is 1. The molecule has 0 bridgehead atoms. The molecular formula is C17H17N3O4S2. The number of nitrogens with zero attached hydrogens (tertiary/aromatic N) is 2. The Kier molecular flexibility index (Phi) is 5.50. The molecule has 0 aliphatic heterocycles. The monoisotopic (exact) mass is 391 g/mol. The van der Waals surface area contributed by atoms with E-state index in [4.69, 9.17) is 4.74 Å². The highest BCUT2D eigenvalue weighted by atomic mass is 32.2. The van der Waals surface area contributed by atoms with E-state index in [1.807, 2.05) is 24.3 Å². The van der Waals surface area contributed by atoms with Gasteiger partial charge in [-0.25, -0.2) is 17.8 Å². The first-order chi connectivity index (χ1) is 12.5. The van der Waals surface area contributed by atoms with Crippen LogP contribution < -0.4 is 15.0 Å². The van der Waals surface area contributed by atoms with Gasteiger partial charge in [-0.2, -0.15) is 5.10 Å². The van der Waals surface area contributed by atoms with E-state index in [0.29, 0.717) is 5.69 Å². The summed E-state index contributed by atoms with van der Waals surface area (Å²) in [5.74, 6) is 0.727. The molecule has 3 rings (SSSR count). The molecule has 0 amide bonds. The standard InChI is InChI=1S/C17H17N3O4S2/c1-24-14-6-4-13(5-7-14)15-8-9-16(21)20(19-15)11-10-18-26(22,23)17-3-2-12-25-17/h2-9,12,18H,10-11H2,1H3. The van der Waals surface area contributed by atoms with Gasteiger partial charge in [0.05, 0.1) is 19.3 Å². The summed E-state index contributed by atoms with van der Waals surface area (Å²) in [6, 6.07) is 13.6. The molecule has 136 valence electrons. The van der Waals surface area contributed by atoms with Crippen LogP contribution in [0.1, 0.15) is 0 Å². The summed E-state index contributed by atoms with van der Waals surface area (Å²) in [6.45, 7) is 0.201. The van der Waals surface area contributed by atoms with E-state index in [2.05, 4.69) is 9.82 Å². The van der Waals surface area contributed by atoms with Crippen molar-refractivity contribution in [3.63, 3.8) is 0 Å². The minimum Gasteiger partial charge on any atom is -0.497 e. The van der Waals surface area contributed by atoms with Crippen LogP contribution in [0.15, 0.2) is 62.9 Å². The predicted octanol–water partition coefficient (Wildman–Crippen LogP) is 1.96. The number of aromatic nitrogens is 2. The van der Waals surface area contributed by atoms with Gasteiger partial charge in [-0.15, -0.1) is 11.3 Å². The van der Waals surface area contributed by atoms with E-state index in [9.17, 15) is 13.2 Å². The Morgan fingerprint density at radius 2 is 1.92 bits per heavy atom. The van der Waals surface area contributed by atoms with Gasteiger partial charge in [0.15, 0.2) is 0 Å². The molecule has 1 N–H and O–H groups in total. The Balaban J connectivity index is 1.73. The SMILES string of the molecule is COc1ccc(-c2ccc(=O)n(CCNS(=O)(=O)c3cccs3)n2)cc1. The normalized spacial score (nSPS) is 11.4. The van der Waals surface area contributed by atoms with E-state index in [1.54, 1.807) is 24.6 Å². The molecule has 3 aromatic rings. The number of thiophene rings is 1. The molecule has 0 aliphatic rings. The predicted molar refractivity (Wildman–Crippen MR) is 100.0 cm³/mol. The lowest BCUT2D eigenvalue weighted by Gasteiger charge is -2.09. The highest BCUT2D eigenvalue weighted by molar-refractivity contribution is 7.91. The Morgan fingerprint density at radius 1 is 1.15 bits per heavy atom. The molecule has 0 unspecified atom stereocenters. The number of hydrogen-bond donors (Lipinski definition) is 1. The lowest BCUT2D eigenvalue weighted by Crippen LogP contribution is -2.31. The molecule has 1 aromatic carbocycles. The number of rotatable bonds is 7. The molecule has 0 saturated carbocycles. The van der Waals surface area contributed by atoms with E-state index in [0.717, 1.165) is 22.6 Å². The van der Waals surface area contributed by atoms with Crippen molar-refractivity contribution in [1.29, 1.82) is 0 Å². The van der Waals surface area contributed by atoms with Crippen LogP contribution in [0.4, 0.5) is 0 Å². The van der Waals surface area contributed by atoms with Crippen LogP contribution in [0.2, 0.25) is 0 Å². The van der Waals surface area contributed by atoms with E-state index >= 15 is 0 Å². The molecule has 2 aromatic heterocycles. The van der Waals surface area contributed by atoms with E-state index < -0.39 is 10.0 Å². The van der Waals surface area contributed by atoms with Crippen molar-refractivity contribution in [2.24, 2.45) is 0 Å². The number of sulfonamides is 1. The van der Waals surface area contributed by atoms with E-state index in [-0.39, 0.29) is 22.9 Å². The maximum atomic E-state index is 12.1. The zero-order valence-electron chi connectivity index (χ0n) is 14.0. The molecule has 2 heterocycles. The first-order valence-corrected chi connectivity index (χ1v) is 10.1. The molecule has 0 aliphatic carbocycles. The Labute approximate surface area is 154 Å². The number of nitrogens with one attached hydrogen (secondary N) is 1. The van der Waals surface area contributed by atoms with Crippen molar-refractivity contribution in [2.75, 3.05) is 13.7 Å². The first-order valence-electron chi connectivity index (χ1n) is 7.75. The second-order valence-electron chi connectivity index (χ2n) is 5.34. The molecule has 0 fully saturated rings. The Bertz CT molecular complexity index is 1030. The Morgan fingerprint density at radius 3 is 2.58 bits per heavy atom. The second kappa shape index (κ2) is 7.81. The van der Waals surface area contributed by atoms with Crippen LogP contribution in [0, 0.1) is 0 Å². The van der Waals surface area contributed by atoms with Crippen LogP contribution in [0.25, 0.3) is 11.3 Å². The lowest BCUT2D eigenvalue weighted by molar-refractivity contribution is 0.415. The molecule has 9 heteroatoms. The highest BCUT2D eigenvalue weighted by Gasteiger charge is 2.14. The van der Waals surface area contributed by atoms with Crippen molar-refractivity contribution >= 4 is 21.4 Å². The number of methoxy groups -OCH3 is 1. The van der Waals surface area contributed by atoms with Gasteiger partial charge in [-0.05, 0) is 41.8 Å². The van der Waals surface area contributed by atoms with Crippen LogP contribution in [-0.2, 0) is 16.6 Å². The summed E-state index contributed by atoms with van der Waals surface area (Å²) in [6.07, 6.45) is 0. The van der Waals surface area contributed by atoms with Gasteiger partial charge in [-0.3, -0.25) is 4.79 Å². The van der Waals surface area contributed by atoms with Gasteiger partial charge in [0.1, 0.15) is 9.96 Å². The van der Waals surface area contributed by atoms with Crippen molar-refractivity contribution in [3.05, 3.63) is 64.3 Å². The Hall–Kier alpha value is -2.49. The van der Waals surface area contributed by atoms with Crippen molar-refractivity contribution in [2.45, 2.75) is 10.8 Å². The average Bonchev–Trinajstić information content (AvgIpc) is 3.19. The molecule has 7 nitrogen and oxygen atoms in total. The van der Waals surface area contributed by atoms with Crippen LogP contribution in [0.3, 0.4) is 0 Å². The van der Waals surface area contributed by atoms with E-state index in [1.165, 1.54) is 16.8 Å². The summed E-state index contributed by atoms with van der Waals surface area (Å²) < 4.78 is 33.3. The summed E-state index contributed by atoms with van der Waals surface area (Å²) in [5.41, 5.74) is 1.16. The van der Waals surface area contributed by atoms with Crippen molar-refractivity contribution in [1.82, 2.24) is 14.5 Å². The van der Waals surface area contributed by atoms with Crippen LogP contribution >= 0.6 is 11.3 Å². The maximum absolute atomic E-state index is 12.1. The van der Waals surface area contributed by atoms with Gasteiger partial charge >= 0.3 is 0 Å².